The van der Waals surface area contributed by atoms with Crippen molar-refractivity contribution in [3.8, 4) is 0 Å². The van der Waals surface area contributed by atoms with Crippen molar-refractivity contribution in [2.75, 3.05) is 14.1 Å². The van der Waals surface area contributed by atoms with Gasteiger partial charge in [0.15, 0.2) is 0 Å². The van der Waals surface area contributed by atoms with Crippen molar-refractivity contribution in [3.05, 3.63) is 28.8 Å². The van der Waals surface area contributed by atoms with Crippen molar-refractivity contribution in [1.82, 2.24) is 4.90 Å². The molecule has 0 fully saturated rings. The number of hydrogen-bond donors (Lipinski definition) is 0. The second kappa shape index (κ2) is 5.03. The zero-order valence-electron chi connectivity index (χ0n) is 8.32. The standard InChI is InChI=1S/C10H9ClN2OS/c1-13(2)10(14)8-4-3-7(12-6-15)5-9(8)11/h3-5H,1-2H3. The van der Waals surface area contributed by atoms with Gasteiger partial charge < -0.3 is 4.90 Å². The van der Waals surface area contributed by atoms with Crippen molar-refractivity contribution >= 4 is 40.6 Å². The fraction of sp³-hybridized carbons (Fsp3) is 0.200. The molecule has 15 heavy (non-hydrogen) atoms. The highest BCUT2D eigenvalue weighted by Crippen LogP contribution is 2.23. The Kier molecular flexibility index (Phi) is 3.97. The lowest BCUT2D eigenvalue weighted by molar-refractivity contribution is 0.0828. The van der Waals surface area contributed by atoms with Crippen molar-refractivity contribution in [2.45, 2.75) is 0 Å². The Morgan fingerprint density at radius 1 is 1.53 bits per heavy atom. The number of rotatable bonds is 2. The van der Waals surface area contributed by atoms with Crippen molar-refractivity contribution in [1.29, 1.82) is 0 Å². The van der Waals surface area contributed by atoms with Gasteiger partial charge in [-0.15, -0.1) is 0 Å². The van der Waals surface area contributed by atoms with Crippen LogP contribution in [0.5, 0.6) is 0 Å². The van der Waals surface area contributed by atoms with Gasteiger partial charge in [0, 0.05) is 14.1 Å². The minimum atomic E-state index is -0.141. The summed E-state index contributed by atoms with van der Waals surface area (Å²) in [6.45, 7) is 0. The van der Waals surface area contributed by atoms with Crippen LogP contribution in [-0.2, 0) is 0 Å². The van der Waals surface area contributed by atoms with Crippen LogP contribution in [0.25, 0.3) is 0 Å². The first-order valence-corrected chi connectivity index (χ1v) is 4.94. The number of aliphatic imine (C=N–C) groups is 1. The fourth-order valence-corrected chi connectivity index (χ4v) is 1.40. The SMILES string of the molecule is CN(C)C(=O)c1ccc(N=C=S)cc1Cl. The van der Waals surface area contributed by atoms with Crippen LogP contribution >= 0.6 is 23.8 Å². The molecular formula is C10H9ClN2OS. The van der Waals surface area contributed by atoms with E-state index in [1.165, 1.54) is 4.90 Å². The molecule has 78 valence electrons. The zero-order valence-corrected chi connectivity index (χ0v) is 9.89. The second-order valence-electron chi connectivity index (χ2n) is 3.07. The van der Waals surface area contributed by atoms with E-state index >= 15 is 0 Å². The maximum Gasteiger partial charge on any atom is 0.254 e. The molecule has 1 rings (SSSR count). The highest BCUT2D eigenvalue weighted by molar-refractivity contribution is 7.78. The minimum Gasteiger partial charge on any atom is -0.345 e. The molecule has 0 bridgehead atoms. The lowest BCUT2D eigenvalue weighted by Gasteiger charge is -2.11. The number of amides is 1. The summed E-state index contributed by atoms with van der Waals surface area (Å²) in [6.07, 6.45) is 0. The Morgan fingerprint density at radius 3 is 2.67 bits per heavy atom. The van der Waals surface area contributed by atoms with Crippen LogP contribution < -0.4 is 0 Å². The summed E-state index contributed by atoms with van der Waals surface area (Å²) < 4.78 is 0. The number of benzene rings is 1. The molecule has 0 atom stereocenters. The predicted molar refractivity (Wildman–Crippen MR) is 64.2 cm³/mol. The molecule has 1 amide bonds. The number of carbonyl (C=O) groups is 1. The molecule has 1 aromatic carbocycles. The lowest BCUT2D eigenvalue weighted by atomic mass is 10.2. The van der Waals surface area contributed by atoms with Crippen LogP contribution in [0, 0.1) is 0 Å². The summed E-state index contributed by atoms with van der Waals surface area (Å²) in [7, 11) is 3.34. The third kappa shape index (κ3) is 2.86. The maximum absolute atomic E-state index is 11.6. The van der Waals surface area contributed by atoms with Gasteiger partial charge in [0.05, 0.1) is 21.4 Å². The Balaban J connectivity index is 3.13. The lowest BCUT2D eigenvalue weighted by Crippen LogP contribution is -2.21. The van der Waals surface area contributed by atoms with E-state index in [4.69, 9.17) is 11.6 Å². The minimum absolute atomic E-state index is 0.141. The number of halogens is 1. The van der Waals surface area contributed by atoms with Crippen molar-refractivity contribution in [2.24, 2.45) is 4.99 Å². The zero-order chi connectivity index (χ0) is 11.4. The largest absolute Gasteiger partial charge is 0.345 e. The van der Waals surface area contributed by atoms with Crippen LogP contribution in [-0.4, -0.2) is 30.1 Å². The first-order valence-electron chi connectivity index (χ1n) is 4.15. The first-order chi connectivity index (χ1) is 7.06. The van der Waals surface area contributed by atoms with E-state index in [1.807, 2.05) is 0 Å². The molecule has 3 nitrogen and oxygen atoms in total. The van der Waals surface area contributed by atoms with E-state index in [0.29, 0.717) is 16.3 Å². The van der Waals surface area contributed by atoms with Crippen LogP contribution in [0.2, 0.25) is 5.02 Å². The van der Waals surface area contributed by atoms with Crippen LogP contribution in [0.15, 0.2) is 23.2 Å². The smallest absolute Gasteiger partial charge is 0.254 e. The Hall–Kier alpha value is -1.22. The molecule has 0 aromatic heterocycles. The number of nitrogens with zero attached hydrogens (tertiary/aromatic N) is 2. The number of hydrogen-bond acceptors (Lipinski definition) is 3. The molecule has 0 saturated carbocycles. The molecule has 0 unspecified atom stereocenters. The molecule has 0 spiro atoms. The molecule has 1 aromatic rings. The molecule has 5 heteroatoms. The summed E-state index contributed by atoms with van der Waals surface area (Å²) >= 11 is 10.4. The van der Waals surface area contributed by atoms with E-state index in [0.717, 1.165) is 0 Å². The third-order valence-corrected chi connectivity index (χ3v) is 2.17. The highest BCUT2D eigenvalue weighted by Gasteiger charge is 2.12. The fourth-order valence-electron chi connectivity index (χ4n) is 1.04. The molecule has 0 aliphatic heterocycles. The number of isothiocyanates is 1. The molecular weight excluding hydrogens is 232 g/mol. The van der Waals surface area contributed by atoms with E-state index < -0.39 is 0 Å². The Labute approximate surface area is 98.4 Å². The van der Waals surface area contributed by atoms with Crippen LogP contribution in [0.3, 0.4) is 0 Å². The number of thiocarbonyl (C=S) groups is 1. The summed E-state index contributed by atoms with van der Waals surface area (Å²) in [6, 6.07) is 4.87. The molecule has 0 aliphatic rings. The third-order valence-electron chi connectivity index (χ3n) is 1.76. The van der Waals surface area contributed by atoms with Gasteiger partial charge in [-0.25, -0.2) is 0 Å². The summed E-state index contributed by atoms with van der Waals surface area (Å²) in [5, 5.41) is 2.60. The summed E-state index contributed by atoms with van der Waals surface area (Å²) in [5.41, 5.74) is 1.04. The van der Waals surface area contributed by atoms with Gasteiger partial charge in [0.25, 0.3) is 5.91 Å². The van der Waals surface area contributed by atoms with Gasteiger partial charge in [0.1, 0.15) is 0 Å². The molecule has 0 N–H and O–H groups in total. The average Bonchev–Trinajstić information content (AvgIpc) is 2.17. The van der Waals surface area contributed by atoms with Crippen molar-refractivity contribution in [3.63, 3.8) is 0 Å². The highest BCUT2D eigenvalue weighted by atomic mass is 35.5. The Bertz CT molecular complexity index is 439. The number of carbonyl (C=O) groups excluding carboxylic acids is 1. The first kappa shape index (κ1) is 11.9. The maximum atomic E-state index is 11.6. The summed E-state index contributed by atoms with van der Waals surface area (Å²) in [5.74, 6) is -0.141. The predicted octanol–water partition coefficient (Wildman–Crippen LogP) is 2.78. The molecule has 0 radical (unpaired) electrons. The monoisotopic (exact) mass is 240 g/mol. The van der Waals surface area contributed by atoms with E-state index in [-0.39, 0.29) is 5.91 Å². The Morgan fingerprint density at radius 2 is 2.20 bits per heavy atom. The second-order valence-corrected chi connectivity index (χ2v) is 3.66. The molecule has 0 heterocycles. The average molecular weight is 241 g/mol. The van der Waals surface area contributed by atoms with Crippen LogP contribution in [0.4, 0.5) is 5.69 Å². The quantitative estimate of drug-likeness (QED) is 0.588. The van der Waals surface area contributed by atoms with Gasteiger partial charge >= 0.3 is 0 Å². The van der Waals surface area contributed by atoms with Gasteiger partial charge in [-0.2, -0.15) is 4.99 Å². The van der Waals surface area contributed by atoms with Crippen molar-refractivity contribution < 1.29 is 4.79 Å². The van der Waals surface area contributed by atoms with E-state index in [9.17, 15) is 4.79 Å². The normalized spacial score (nSPS) is 9.27. The van der Waals surface area contributed by atoms with Gasteiger partial charge in [-0.05, 0) is 30.4 Å². The summed E-state index contributed by atoms with van der Waals surface area (Å²) in [4.78, 5) is 16.8. The van der Waals surface area contributed by atoms with Gasteiger partial charge in [0.2, 0.25) is 0 Å². The topological polar surface area (TPSA) is 32.7 Å². The van der Waals surface area contributed by atoms with Gasteiger partial charge in [-0.1, -0.05) is 11.6 Å². The van der Waals surface area contributed by atoms with Crippen LogP contribution in [0.1, 0.15) is 10.4 Å². The molecule has 0 aliphatic carbocycles. The van der Waals surface area contributed by atoms with Gasteiger partial charge in [-0.3, -0.25) is 4.79 Å². The van der Waals surface area contributed by atoms with E-state index in [2.05, 4.69) is 22.4 Å². The van der Waals surface area contributed by atoms with E-state index in [1.54, 1.807) is 32.3 Å². The molecule has 0 saturated heterocycles.